The Kier molecular flexibility index (Phi) is 4.73. The number of amides is 2. The van der Waals surface area contributed by atoms with Gasteiger partial charge < -0.3 is 9.80 Å². The Hall–Kier alpha value is -1.36. The monoisotopic (exact) mass is 392 g/mol. The molecule has 1 aromatic carbocycles. The lowest BCUT2D eigenvalue weighted by molar-refractivity contribution is -0.142. The van der Waals surface area contributed by atoms with Gasteiger partial charge in [0.1, 0.15) is 0 Å². The molecule has 2 aliphatic heterocycles. The van der Waals surface area contributed by atoms with Gasteiger partial charge in [-0.15, -0.1) is 0 Å². The molecular weight excluding hydrogens is 368 g/mol. The standard InChI is InChI=1S/C19H25BrN2O2/c1-19(2,3)18(24)21-9-4-5-14(12-21)17(23)22-10-8-13-11-15(20)6-7-16(13)22/h6-7,11,14H,4-5,8-10,12H2,1-3H3. The van der Waals surface area contributed by atoms with Crippen molar-refractivity contribution in [3.63, 3.8) is 0 Å². The number of carbonyl (C=O) groups excluding carboxylic acids is 2. The van der Waals surface area contributed by atoms with E-state index in [0.717, 1.165) is 42.5 Å². The van der Waals surface area contributed by atoms with Gasteiger partial charge in [0, 0.05) is 35.2 Å². The van der Waals surface area contributed by atoms with Crippen molar-refractivity contribution in [3.05, 3.63) is 28.2 Å². The molecule has 3 rings (SSSR count). The van der Waals surface area contributed by atoms with Gasteiger partial charge in [0.15, 0.2) is 0 Å². The fourth-order valence-corrected chi connectivity index (χ4v) is 4.07. The number of halogens is 1. The summed E-state index contributed by atoms with van der Waals surface area (Å²) < 4.78 is 1.05. The van der Waals surface area contributed by atoms with E-state index in [1.807, 2.05) is 42.7 Å². The molecule has 0 spiro atoms. The summed E-state index contributed by atoms with van der Waals surface area (Å²) in [6, 6.07) is 6.10. The molecular formula is C19H25BrN2O2. The van der Waals surface area contributed by atoms with E-state index in [1.54, 1.807) is 0 Å². The number of hydrogen-bond acceptors (Lipinski definition) is 2. The van der Waals surface area contributed by atoms with Crippen LogP contribution in [0.15, 0.2) is 22.7 Å². The van der Waals surface area contributed by atoms with E-state index in [1.165, 1.54) is 5.56 Å². The fourth-order valence-electron chi connectivity index (χ4n) is 3.66. The van der Waals surface area contributed by atoms with Crippen molar-refractivity contribution in [2.24, 2.45) is 11.3 Å². The maximum absolute atomic E-state index is 13.0. The van der Waals surface area contributed by atoms with Gasteiger partial charge in [-0.25, -0.2) is 0 Å². The fraction of sp³-hybridized carbons (Fsp3) is 0.579. The molecule has 0 aliphatic carbocycles. The number of likely N-dealkylation sites (tertiary alicyclic amines) is 1. The lowest BCUT2D eigenvalue weighted by Crippen LogP contribution is -2.49. The predicted octanol–water partition coefficient (Wildman–Crippen LogP) is 3.62. The minimum atomic E-state index is -0.391. The van der Waals surface area contributed by atoms with E-state index in [0.29, 0.717) is 6.54 Å². The highest BCUT2D eigenvalue weighted by molar-refractivity contribution is 9.10. The molecule has 0 radical (unpaired) electrons. The molecule has 1 aromatic rings. The quantitative estimate of drug-likeness (QED) is 0.731. The average molecular weight is 393 g/mol. The van der Waals surface area contributed by atoms with Crippen LogP contribution in [0.25, 0.3) is 0 Å². The topological polar surface area (TPSA) is 40.6 Å². The molecule has 0 aromatic heterocycles. The highest BCUT2D eigenvalue weighted by Crippen LogP contribution is 2.33. The van der Waals surface area contributed by atoms with Gasteiger partial charge in [0.05, 0.1) is 5.92 Å². The molecule has 0 N–H and O–H groups in total. The van der Waals surface area contributed by atoms with Crippen molar-refractivity contribution in [1.82, 2.24) is 4.90 Å². The smallest absolute Gasteiger partial charge is 0.231 e. The van der Waals surface area contributed by atoms with Crippen molar-refractivity contribution in [1.29, 1.82) is 0 Å². The van der Waals surface area contributed by atoms with Crippen LogP contribution < -0.4 is 4.90 Å². The van der Waals surface area contributed by atoms with Crippen molar-refractivity contribution in [3.8, 4) is 0 Å². The van der Waals surface area contributed by atoms with E-state index in [-0.39, 0.29) is 17.7 Å². The van der Waals surface area contributed by atoms with Gasteiger partial charge in [-0.3, -0.25) is 9.59 Å². The molecule has 1 atom stereocenters. The molecule has 4 nitrogen and oxygen atoms in total. The van der Waals surface area contributed by atoms with Crippen LogP contribution in [0.1, 0.15) is 39.2 Å². The summed E-state index contributed by atoms with van der Waals surface area (Å²) >= 11 is 3.49. The summed E-state index contributed by atoms with van der Waals surface area (Å²) in [5.74, 6) is 0.230. The number of anilines is 1. The van der Waals surface area contributed by atoms with Gasteiger partial charge in [-0.2, -0.15) is 0 Å². The van der Waals surface area contributed by atoms with Crippen molar-refractivity contribution in [2.75, 3.05) is 24.5 Å². The van der Waals surface area contributed by atoms with Crippen LogP contribution in [-0.2, 0) is 16.0 Å². The van der Waals surface area contributed by atoms with E-state index < -0.39 is 5.41 Å². The summed E-state index contributed by atoms with van der Waals surface area (Å²) in [5.41, 5.74) is 1.86. The zero-order chi connectivity index (χ0) is 17.5. The zero-order valence-corrected chi connectivity index (χ0v) is 16.2. The number of hydrogen-bond donors (Lipinski definition) is 0. The maximum Gasteiger partial charge on any atom is 0.231 e. The van der Waals surface area contributed by atoms with Gasteiger partial charge in [0.25, 0.3) is 0 Å². The highest BCUT2D eigenvalue weighted by Gasteiger charge is 2.36. The summed E-state index contributed by atoms with van der Waals surface area (Å²) in [4.78, 5) is 29.4. The Bertz CT molecular complexity index is 666. The summed E-state index contributed by atoms with van der Waals surface area (Å²) in [6.07, 6.45) is 2.67. The summed E-state index contributed by atoms with van der Waals surface area (Å²) in [5, 5.41) is 0. The third-order valence-corrected chi connectivity index (χ3v) is 5.40. The van der Waals surface area contributed by atoms with Crippen LogP contribution in [-0.4, -0.2) is 36.3 Å². The minimum Gasteiger partial charge on any atom is -0.341 e. The van der Waals surface area contributed by atoms with Gasteiger partial charge in [-0.05, 0) is 43.0 Å². The molecule has 24 heavy (non-hydrogen) atoms. The Labute approximate surface area is 152 Å². The third kappa shape index (κ3) is 3.37. The first-order valence-electron chi connectivity index (χ1n) is 8.66. The normalized spacial score (nSPS) is 20.9. The van der Waals surface area contributed by atoms with Gasteiger partial charge in [0.2, 0.25) is 11.8 Å². The molecule has 0 bridgehead atoms. The Morgan fingerprint density at radius 3 is 2.67 bits per heavy atom. The zero-order valence-electron chi connectivity index (χ0n) is 14.6. The number of benzene rings is 1. The van der Waals surface area contributed by atoms with E-state index in [4.69, 9.17) is 0 Å². The second kappa shape index (κ2) is 6.51. The van der Waals surface area contributed by atoms with Crippen LogP contribution in [0.5, 0.6) is 0 Å². The maximum atomic E-state index is 13.0. The molecule has 1 saturated heterocycles. The molecule has 0 saturated carbocycles. The molecule has 130 valence electrons. The first-order valence-corrected chi connectivity index (χ1v) is 9.46. The summed E-state index contributed by atoms with van der Waals surface area (Å²) in [6.45, 7) is 7.88. The van der Waals surface area contributed by atoms with Crippen LogP contribution >= 0.6 is 15.9 Å². The first-order chi connectivity index (χ1) is 11.3. The van der Waals surface area contributed by atoms with Crippen LogP contribution in [0.4, 0.5) is 5.69 Å². The molecule has 2 aliphatic rings. The third-order valence-electron chi connectivity index (χ3n) is 4.90. The van der Waals surface area contributed by atoms with Crippen molar-refractivity contribution < 1.29 is 9.59 Å². The van der Waals surface area contributed by atoms with E-state index in [9.17, 15) is 9.59 Å². The molecule has 2 heterocycles. The Balaban J connectivity index is 1.73. The first kappa shape index (κ1) is 17.5. The SMILES string of the molecule is CC(C)(C)C(=O)N1CCCC(C(=O)N2CCc3cc(Br)ccc32)C1. The highest BCUT2D eigenvalue weighted by atomic mass is 79.9. The predicted molar refractivity (Wildman–Crippen MR) is 99.0 cm³/mol. The summed E-state index contributed by atoms with van der Waals surface area (Å²) in [7, 11) is 0. The van der Waals surface area contributed by atoms with E-state index in [2.05, 4.69) is 22.0 Å². The number of fused-ring (bicyclic) bond motifs is 1. The Morgan fingerprint density at radius 2 is 1.96 bits per heavy atom. The average Bonchev–Trinajstić information content (AvgIpc) is 2.95. The molecule has 1 unspecified atom stereocenters. The number of carbonyl (C=O) groups is 2. The molecule has 5 heteroatoms. The van der Waals surface area contributed by atoms with Crippen LogP contribution in [0, 0.1) is 11.3 Å². The molecule has 1 fully saturated rings. The van der Waals surface area contributed by atoms with Crippen LogP contribution in [0.3, 0.4) is 0 Å². The molecule has 2 amide bonds. The lowest BCUT2D eigenvalue weighted by atomic mass is 9.90. The second-order valence-corrected chi connectivity index (χ2v) is 8.77. The number of rotatable bonds is 1. The second-order valence-electron chi connectivity index (χ2n) is 7.85. The number of piperidine rings is 1. The Morgan fingerprint density at radius 1 is 1.21 bits per heavy atom. The van der Waals surface area contributed by atoms with Crippen LogP contribution in [0.2, 0.25) is 0 Å². The van der Waals surface area contributed by atoms with Crippen molar-refractivity contribution in [2.45, 2.75) is 40.0 Å². The van der Waals surface area contributed by atoms with Gasteiger partial charge in [-0.1, -0.05) is 36.7 Å². The lowest BCUT2D eigenvalue weighted by Gasteiger charge is -2.37. The van der Waals surface area contributed by atoms with Crippen molar-refractivity contribution >= 4 is 33.4 Å². The number of nitrogens with zero attached hydrogens (tertiary/aromatic N) is 2. The van der Waals surface area contributed by atoms with E-state index >= 15 is 0 Å². The largest absolute Gasteiger partial charge is 0.341 e. The van der Waals surface area contributed by atoms with Gasteiger partial charge >= 0.3 is 0 Å². The minimum absolute atomic E-state index is 0.0837.